The van der Waals surface area contributed by atoms with Crippen molar-refractivity contribution in [1.29, 1.82) is 0 Å². The Bertz CT molecular complexity index is 929. The molecular formula is C22H21NO4. The number of amides is 1. The van der Waals surface area contributed by atoms with Crippen LogP contribution in [0.25, 0.3) is 10.8 Å². The first-order chi connectivity index (χ1) is 13.2. The van der Waals surface area contributed by atoms with Crippen LogP contribution in [0, 0.1) is 0 Å². The van der Waals surface area contributed by atoms with Gasteiger partial charge in [-0.1, -0.05) is 49.7 Å². The van der Waals surface area contributed by atoms with Gasteiger partial charge < -0.3 is 9.47 Å². The standard InChI is InChI=1S/C22H21NO4/c1-2-3-15-26-21(24)17-11-13-18(14-12-17)27-22(25)23-20-10-6-8-16-7-4-5-9-19(16)20/h4-14H,2-3,15H2,1H3,(H,23,25). The Morgan fingerprint density at radius 3 is 2.44 bits per heavy atom. The lowest BCUT2D eigenvalue weighted by atomic mass is 10.1. The Morgan fingerprint density at radius 1 is 0.926 bits per heavy atom. The topological polar surface area (TPSA) is 64.6 Å². The second-order valence-electron chi connectivity index (χ2n) is 6.06. The van der Waals surface area contributed by atoms with Crippen LogP contribution in [0.3, 0.4) is 0 Å². The summed E-state index contributed by atoms with van der Waals surface area (Å²) in [6.45, 7) is 2.43. The van der Waals surface area contributed by atoms with Crippen molar-refractivity contribution >= 4 is 28.5 Å². The van der Waals surface area contributed by atoms with Gasteiger partial charge in [0.15, 0.2) is 0 Å². The number of ether oxygens (including phenoxy) is 2. The average Bonchev–Trinajstić information content (AvgIpc) is 2.69. The van der Waals surface area contributed by atoms with Crippen LogP contribution < -0.4 is 10.1 Å². The molecule has 3 aromatic rings. The molecule has 5 nitrogen and oxygen atoms in total. The van der Waals surface area contributed by atoms with Gasteiger partial charge in [0, 0.05) is 5.39 Å². The van der Waals surface area contributed by atoms with E-state index in [1.165, 1.54) is 0 Å². The van der Waals surface area contributed by atoms with E-state index in [-0.39, 0.29) is 5.97 Å². The number of hydrogen-bond acceptors (Lipinski definition) is 4. The molecule has 27 heavy (non-hydrogen) atoms. The smallest absolute Gasteiger partial charge is 0.417 e. The minimum atomic E-state index is -0.593. The first kappa shape index (κ1) is 18.5. The summed E-state index contributed by atoms with van der Waals surface area (Å²) in [6, 6.07) is 19.7. The van der Waals surface area contributed by atoms with Gasteiger partial charge in [0.1, 0.15) is 5.75 Å². The molecule has 0 saturated carbocycles. The first-order valence-electron chi connectivity index (χ1n) is 8.91. The highest BCUT2D eigenvalue weighted by molar-refractivity contribution is 6.00. The van der Waals surface area contributed by atoms with E-state index in [9.17, 15) is 9.59 Å². The number of benzene rings is 3. The number of rotatable bonds is 6. The molecule has 0 radical (unpaired) electrons. The van der Waals surface area contributed by atoms with Crippen LogP contribution in [0.4, 0.5) is 10.5 Å². The Balaban J connectivity index is 1.61. The summed E-state index contributed by atoms with van der Waals surface area (Å²) < 4.78 is 10.4. The fraction of sp³-hybridized carbons (Fsp3) is 0.182. The third kappa shape index (κ3) is 4.85. The van der Waals surface area contributed by atoms with Crippen molar-refractivity contribution in [2.45, 2.75) is 19.8 Å². The molecule has 0 atom stereocenters. The summed E-state index contributed by atoms with van der Waals surface area (Å²) in [6.07, 6.45) is 1.21. The largest absolute Gasteiger partial charge is 0.462 e. The lowest BCUT2D eigenvalue weighted by Crippen LogP contribution is -2.17. The number of nitrogens with one attached hydrogen (secondary N) is 1. The second-order valence-corrected chi connectivity index (χ2v) is 6.06. The summed E-state index contributed by atoms with van der Waals surface area (Å²) >= 11 is 0. The van der Waals surface area contributed by atoms with Crippen LogP contribution in [0.5, 0.6) is 5.75 Å². The predicted molar refractivity (Wildman–Crippen MR) is 105 cm³/mol. The van der Waals surface area contributed by atoms with Gasteiger partial charge in [0.25, 0.3) is 0 Å². The zero-order valence-electron chi connectivity index (χ0n) is 15.1. The van der Waals surface area contributed by atoms with Crippen molar-refractivity contribution in [3.05, 3.63) is 72.3 Å². The quantitative estimate of drug-likeness (QED) is 0.470. The molecule has 5 heteroatoms. The zero-order valence-corrected chi connectivity index (χ0v) is 15.1. The summed E-state index contributed by atoms with van der Waals surface area (Å²) in [5, 5.41) is 4.71. The van der Waals surface area contributed by atoms with Crippen molar-refractivity contribution in [1.82, 2.24) is 0 Å². The van der Waals surface area contributed by atoms with Crippen LogP contribution in [-0.2, 0) is 4.74 Å². The van der Waals surface area contributed by atoms with E-state index in [0.717, 1.165) is 23.6 Å². The maximum Gasteiger partial charge on any atom is 0.417 e. The molecule has 0 bridgehead atoms. The van der Waals surface area contributed by atoms with E-state index in [4.69, 9.17) is 9.47 Å². The average molecular weight is 363 g/mol. The molecule has 0 aromatic heterocycles. The number of carbonyl (C=O) groups is 2. The van der Waals surface area contributed by atoms with E-state index >= 15 is 0 Å². The summed E-state index contributed by atoms with van der Waals surface area (Å²) in [5.41, 5.74) is 1.10. The molecule has 0 aliphatic rings. The maximum absolute atomic E-state index is 12.2. The molecule has 3 rings (SSSR count). The summed E-state index contributed by atoms with van der Waals surface area (Å²) in [5.74, 6) is -0.0342. The van der Waals surface area contributed by atoms with Crippen LogP contribution in [-0.4, -0.2) is 18.7 Å². The van der Waals surface area contributed by atoms with Gasteiger partial charge in [-0.15, -0.1) is 0 Å². The van der Waals surface area contributed by atoms with E-state index < -0.39 is 6.09 Å². The minimum Gasteiger partial charge on any atom is -0.462 e. The highest BCUT2D eigenvalue weighted by Crippen LogP contribution is 2.23. The van der Waals surface area contributed by atoms with Crippen molar-refractivity contribution in [3.8, 4) is 5.75 Å². The van der Waals surface area contributed by atoms with E-state index in [2.05, 4.69) is 5.32 Å². The molecule has 3 aromatic carbocycles. The number of unbranched alkanes of at least 4 members (excludes halogenated alkanes) is 1. The number of anilines is 1. The lowest BCUT2D eigenvalue weighted by molar-refractivity contribution is 0.0499. The van der Waals surface area contributed by atoms with E-state index in [1.807, 2.05) is 49.4 Å². The number of fused-ring (bicyclic) bond motifs is 1. The molecule has 0 saturated heterocycles. The van der Waals surface area contributed by atoms with Crippen molar-refractivity contribution in [2.75, 3.05) is 11.9 Å². The van der Waals surface area contributed by atoms with Gasteiger partial charge in [-0.3, -0.25) is 5.32 Å². The third-order valence-electron chi connectivity index (χ3n) is 4.06. The van der Waals surface area contributed by atoms with Crippen molar-refractivity contribution in [3.63, 3.8) is 0 Å². The Morgan fingerprint density at radius 2 is 1.67 bits per heavy atom. The zero-order chi connectivity index (χ0) is 19.1. The van der Waals surface area contributed by atoms with Gasteiger partial charge in [-0.2, -0.15) is 0 Å². The molecule has 0 aliphatic carbocycles. The van der Waals surface area contributed by atoms with Gasteiger partial charge >= 0.3 is 12.1 Å². The fourth-order valence-corrected chi connectivity index (χ4v) is 2.63. The first-order valence-corrected chi connectivity index (χ1v) is 8.91. The lowest BCUT2D eigenvalue weighted by Gasteiger charge is -2.10. The summed E-state index contributed by atoms with van der Waals surface area (Å²) in [4.78, 5) is 24.1. The van der Waals surface area contributed by atoms with Crippen molar-refractivity contribution < 1.29 is 19.1 Å². The molecule has 138 valence electrons. The normalized spacial score (nSPS) is 10.4. The fourth-order valence-electron chi connectivity index (χ4n) is 2.63. The van der Waals surface area contributed by atoms with Crippen LogP contribution in [0.1, 0.15) is 30.1 Å². The Kier molecular flexibility index (Phi) is 6.05. The highest BCUT2D eigenvalue weighted by Gasteiger charge is 2.10. The molecule has 0 unspecified atom stereocenters. The monoisotopic (exact) mass is 363 g/mol. The second kappa shape index (κ2) is 8.85. The highest BCUT2D eigenvalue weighted by atomic mass is 16.6. The number of esters is 1. The van der Waals surface area contributed by atoms with Gasteiger partial charge in [-0.25, -0.2) is 9.59 Å². The predicted octanol–water partition coefficient (Wildman–Crippen LogP) is 5.41. The Labute approximate surface area is 157 Å². The maximum atomic E-state index is 12.2. The van der Waals surface area contributed by atoms with Gasteiger partial charge in [0.2, 0.25) is 0 Å². The van der Waals surface area contributed by atoms with Crippen molar-refractivity contribution in [2.24, 2.45) is 0 Å². The molecule has 0 heterocycles. The number of carbonyl (C=O) groups excluding carboxylic acids is 2. The van der Waals surface area contributed by atoms with Gasteiger partial charge in [0.05, 0.1) is 17.9 Å². The third-order valence-corrected chi connectivity index (χ3v) is 4.06. The van der Waals surface area contributed by atoms with E-state index in [1.54, 1.807) is 24.3 Å². The molecule has 0 aliphatic heterocycles. The van der Waals surface area contributed by atoms with Gasteiger partial charge in [-0.05, 0) is 42.1 Å². The van der Waals surface area contributed by atoms with E-state index in [0.29, 0.717) is 23.6 Å². The number of hydrogen-bond donors (Lipinski definition) is 1. The molecular weight excluding hydrogens is 342 g/mol. The SMILES string of the molecule is CCCCOC(=O)c1ccc(OC(=O)Nc2cccc3ccccc23)cc1. The molecule has 0 fully saturated rings. The Hall–Kier alpha value is -3.34. The molecule has 0 spiro atoms. The molecule has 1 amide bonds. The molecule has 1 N–H and O–H groups in total. The van der Waals surface area contributed by atoms with Crippen LogP contribution >= 0.6 is 0 Å². The minimum absolute atomic E-state index is 0.345. The van der Waals surface area contributed by atoms with Crippen LogP contribution in [0.2, 0.25) is 0 Å². The summed E-state index contributed by atoms with van der Waals surface area (Å²) in [7, 11) is 0. The van der Waals surface area contributed by atoms with Crippen LogP contribution in [0.15, 0.2) is 66.7 Å².